The number of β-lactam (4-membered cyclic amide) rings is 1. The maximum Gasteiger partial charge on any atom is 0.302 e. The largest absolute Gasteiger partial charge is 0.462 e. The summed E-state index contributed by atoms with van der Waals surface area (Å²) < 4.78 is 5.45. The van der Waals surface area contributed by atoms with Crippen molar-refractivity contribution in [1.82, 2.24) is 4.90 Å². The van der Waals surface area contributed by atoms with Gasteiger partial charge in [-0.25, -0.2) is 0 Å². The van der Waals surface area contributed by atoms with E-state index in [1.54, 1.807) is 0 Å². The fourth-order valence-corrected chi connectivity index (χ4v) is 5.58. The Labute approximate surface area is 123 Å². The van der Waals surface area contributed by atoms with E-state index in [-0.39, 0.29) is 35.8 Å². The number of carbonyl (C=O) groups excluding carboxylic acids is 3. The van der Waals surface area contributed by atoms with Gasteiger partial charge in [-0.2, -0.15) is 0 Å². The number of imide groups is 1. The Hall–Kier alpha value is -1.65. The standard InChI is InChI=1S/C16H19NO4/c1-3-13(19)17-15-11(16(17)20)6-10-9-4-8(14(10)15)5-12(9)21-7(2)18/h3,8-12,14-15H,1,4-6H2,2H3. The summed E-state index contributed by atoms with van der Waals surface area (Å²) in [6, 6.07) is 0.0706. The molecule has 112 valence electrons. The number of fused-ring (bicyclic) bond motifs is 7. The van der Waals surface area contributed by atoms with Crippen LogP contribution in [0.25, 0.3) is 0 Å². The summed E-state index contributed by atoms with van der Waals surface area (Å²) in [6.07, 6.45) is 4.06. The average Bonchev–Trinajstić information content (AvgIpc) is 3.06. The summed E-state index contributed by atoms with van der Waals surface area (Å²) >= 11 is 0. The van der Waals surface area contributed by atoms with Crippen LogP contribution in [0.1, 0.15) is 26.2 Å². The van der Waals surface area contributed by atoms with Crippen molar-refractivity contribution in [2.45, 2.75) is 38.3 Å². The van der Waals surface area contributed by atoms with Crippen LogP contribution in [0.4, 0.5) is 0 Å². The summed E-state index contributed by atoms with van der Waals surface area (Å²) in [5.74, 6) is 1.18. The fourth-order valence-electron chi connectivity index (χ4n) is 5.58. The first-order valence-corrected chi connectivity index (χ1v) is 7.69. The van der Waals surface area contributed by atoms with Gasteiger partial charge in [0.2, 0.25) is 5.91 Å². The minimum Gasteiger partial charge on any atom is -0.462 e. The molecule has 21 heavy (non-hydrogen) atoms. The predicted molar refractivity (Wildman–Crippen MR) is 72.7 cm³/mol. The van der Waals surface area contributed by atoms with Gasteiger partial charge in [-0.1, -0.05) is 6.58 Å². The predicted octanol–water partition coefficient (Wildman–Crippen LogP) is 1.13. The second kappa shape index (κ2) is 4.18. The van der Waals surface area contributed by atoms with Gasteiger partial charge in [0.15, 0.2) is 0 Å². The van der Waals surface area contributed by atoms with E-state index in [0.29, 0.717) is 23.7 Å². The normalized spacial score (nSPS) is 45.9. The molecule has 3 aliphatic carbocycles. The molecule has 3 saturated carbocycles. The van der Waals surface area contributed by atoms with Crippen LogP contribution in [0, 0.1) is 29.6 Å². The van der Waals surface area contributed by atoms with Gasteiger partial charge in [-0.05, 0) is 49.0 Å². The van der Waals surface area contributed by atoms with Crippen LogP contribution >= 0.6 is 0 Å². The van der Waals surface area contributed by atoms with Gasteiger partial charge in [-0.15, -0.1) is 0 Å². The van der Waals surface area contributed by atoms with Crippen molar-refractivity contribution >= 4 is 17.8 Å². The first-order chi connectivity index (χ1) is 10.0. The van der Waals surface area contributed by atoms with Crippen LogP contribution in [-0.2, 0) is 19.1 Å². The zero-order chi connectivity index (χ0) is 14.9. The molecule has 1 aliphatic heterocycles. The molecule has 0 spiro atoms. The molecular formula is C16H19NO4. The summed E-state index contributed by atoms with van der Waals surface area (Å²) in [5.41, 5.74) is 0. The molecule has 1 heterocycles. The van der Waals surface area contributed by atoms with E-state index in [1.165, 1.54) is 17.9 Å². The Morgan fingerprint density at radius 2 is 2.05 bits per heavy atom. The topological polar surface area (TPSA) is 63.7 Å². The highest BCUT2D eigenvalue weighted by molar-refractivity contribution is 6.06. The highest BCUT2D eigenvalue weighted by Gasteiger charge is 2.68. The van der Waals surface area contributed by atoms with E-state index in [9.17, 15) is 14.4 Å². The van der Waals surface area contributed by atoms with E-state index in [1.807, 2.05) is 0 Å². The van der Waals surface area contributed by atoms with Crippen molar-refractivity contribution < 1.29 is 19.1 Å². The number of hydrogen-bond donors (Lipinski definition) is 0. The maximum atomic E-state index is 12.1. The Bertz CT molecular complexity index is 556. The number of carbonyl (C=O) groups is 3. The van der Waals surface area contributed by atoms with E-state index in [0.717, 1.165) is 19.3 Å². The number of amides is 2. The molecule has 5 nitrogen and oxygen atoms in total. The first kappa shape index (κ1) is 13.0. The summed E-state index contributed by atoms with van der Waals surface area (Å²) in [5, 5.41) is 0. The van der Waals surface area contributed by atoms with Crippen molar-refractivity contribution in [3.8, 4) is 0 Å². The minimum absolute atomic E-state index is 0.00489. The quantitative estimate of drug-likeness (QED) is 0.434. The molecule has 0 radical (unpaired) electrons. The van der Waals surface area contributed by atoms with E-state index >= 15 is 0 Å². The Balaban J connectivity index is 1.56. The Kier molecular flexibility index (Phi) is 2.60. The molecule has 0 aromatic carbocycles. The molecule has 2 bridgehead atoms. The summed E-state index contributed by atoms with van der Waals surface area (Å²) in [6.45, 7) is 4.94. The molecular weight excluding hydrogens is 270 g/mol. The van der Waals surface area contributed by atoms with Gasteiger partial charge in [0, 0.05) is 6.92 Å². The summed E-state index contributed by atoms with van der Waals surface area (Å²) in [4.78, 5) is 36.6. The van der Waals surface area contributed by atoms with Crippen LogP contribution in [0.5, 0.6) is 0 Å². The lowest BCUT2D eigenvalue weighted by molar-refractivity contribution is -0.164. The maximum absolute atomic E-state index is 12.1. The van der Waals surface area contributed by atoms with Crippen LogP contribution in [-0.4, -0.2) is 34.8 Å². The lowest BCUT2D eigenvalue weighted by Crippen LogP contribution is -2.63. The van der Waals surface area contributed by atoms with Crippen molar-refractivity contribution in [3.05, 3.63) is 12.7 Å². The molecule has 4 aliphatic rings. The van der Waals surface area contributed by atoms with Gasteiger partial charge >= 0.3 is 5.97 Å². The lowest BCUT2D eigenvalue weighted by atomic mass is 9.77. The zero-order valence-corrected chi connectivity index (χ0v) is 12.0. The highest BCUT2D eigenvalue weighted by Crippen LogP contribution is 2.64. The highest BCUT2D eigenvalue weighted by atomic mass is 16.5. The van der Waals surface area contributed by atoms with Crippen molar-refractivity contribution in [1.29, 1.82) is 0 Å². The van der Waals surface area contributed by atoms with Crippen LogP contribution in [0.3, 0.4) is 0 Å². The molecule has 1 saturated heterocycles. The van der Waals surface area contributed by atoms with Gasteiger partial charge in [0.05, 0.1) is 12.0 Å². The average molecular weight is 289 g/mol. The van der Waals surface area contributed by atoms with Gasteiger partial charge in [0.1, 0.15) is 6.10 Å². The number of ether oxygens (including phenoxy) is 1. The Morgan fingerprint density at radius 1 is 1.29 bits per heavy atom. The van der Waals surface area contributed by atoms with Gasteiger partial charge in [0.25, 0.3) is 5.91 Å². The second-order valence-corrected chi connectivity index (χ2v) is 6.87. The molecule has 4 fully saturated rings. The number of rotatable bonds is 2. The molecule has 7 atom stereocenters. The first-order valence-electron chi connectivity index (χ1n) is 7.69. The van der Waals surface area contributed by atoms with Crippen LogP contribution < -0.4 is 0 Å². The molecule has 0 aromatic heterocycles. The third-order valence-electron chi connectivity index (χ3n) is 6.09. The van der Waals surface area contributed by atoms with Crippen molar-refractivity contribution in [2.24, 2.45) is 29.6 Å². The monoisotopic (exact) mass is 289 g/mol. The minimum atomic E-state index is -0.263. The molecule has 2 amide bonds. The number of hydrogen-bond acceptors (Lipinski definition) is 4. The molecule has 0 aromatic rings. The number of nitrogens with zero attached hydrogens (tertiary/aromatic N) is 1. The lowest BCUT2D eigenvalue weighted by Gasteiger charge is -2.45. The van der Waals surface area contributed by atoms with Crippen LogP contribution in [0.15, 0.2) is 12.7 Å². The van der Waals surface area contributed by atoms with Gasteiger partial charge in [-0.3, -0.25) is 19.3 Å². The zero-order valence-electron chi connectivity index (χ0n) is 12.0. The molecule has 4 rings (SSSR count). The van der Waals surface area contributed by atoms with Crippen molar-refractivity contribution in [2.75, 3.05) is 0 Å². The molecule has 5 heteroatoms. The SMILES string of the molecule is C=CC(=O)N1C(=O)C2CC3C4CC(CC4OC(C)=O)C3C21. The Morgan fingerprint density at radius 3 is 2.71 bits per heavy atom. The van der Waals surface area contributed by atoms with Gasteiger partial charge < -0.3 is 4.74 Å². The number of esters is 1. The van der Waals surface area contributed by atoms with Crippen LogP contribution in [0.2, 0.25) is 0 Å². The molecule has 0 N–H and O–H groups in total. The molecule has 7 unspecified atom stereocenters. The van der Waals surface area contributed by atoms with E-state index < -0.39 is 0 Å². The second-order valence-electron chi connectivity index (χ2n) is 6.87. The van der Waals surface area contributed by atoms with E-state index in [2.05, 4.69) is 6.58 Å². The smallest absolute Gasteiger partial charge is 0.302 e. The number of likely N-dealkylation sites (tertiary alicyclic amines) is 1. The fraction of sp³-hybridized carbons (Fsp3) is 0.688. The van der Waals surface area contributed by atoms with E-state index in [4.69, 9.17) is 4.74 Å². The third kappa shape index (κ3) is 1.54. The third-order valence-corrected chi connectivity index (χ3v) is 6.09. The van der Waals surface area contributed by atoms with Crippen molar-refractivity contribution in [3.63, 3.8) is 0 Å². The summed E-state index contributed by atoms with van der Waals surface area (Å²) in [7, 11) is 0.